The minimum absolute atomic E-state index is 0.261. The molecule has 0 N–H and O–H groups in total. The van der Waals surface area contributed by atoms with Gasteiger partial charge in [0.15, 0.2) is 0 Å². The highest BCUT2D eigenvalue weighted by Crippen LogP contribution is 2.31. The van der Waals surface area contributed by atoms with Gasteiger partial charge in [-0.05, 0) is 31.0 Å². The van der Waals surface area contributed by atoms with E-state index in [0.717, 1.165) is 23.1 Å². The van der Waals surface area contributed by atoms with Crippen LogP contribution in [0.15, 0.2) is 21.3 Å². The molecule has 3 nitrogen and oxygen atoms in total. The lowest BCUT2D eigenvalue weighted by Crippen LogP contribution is -2.05. The second-order valence-corrected chi connectivity index (χ2v) is 4.19. The van der Waals surface area contributed by atoms with Gasteiger partial charge in [-0.25, -0.2) is 4.79 Å². The van der Waals surface area contributed by atoms with Gasteiger partial charge in [0.25, 0.3) is 0 Å². The van der Waals surface area contributed by atoms with Crippen molar-refractivity contribution in [3.05, 3.63) is 39.2 Å². The summed E-state index contributed by atoms with van der Waals surface area (Å²) in [4.78, 5) is 11.5. The number of ether oxygens (including phenoxy) is 1. The third kappa shape index (κ3) is 1.18. The number of rotatable bonds is 0. The zero-order valence-corrected chi connectivity index (χ0v) is 9.29. The molecule has 1 aromatic carbocycles. The van der Waals surface area contributed by atoms with E-state index in [1.54, 1.807) is 6.92 Å². The largest absolute Gasteiger partial charge is 0.493 e. The van der Waals surface area contributed by atoms with Crippen LogP contribution < -0.4 is 10.4 Å². The molecule has 2 heterocycles. The van der Waals surface area contributed by atoms with Crippen molar-refractivity contribution in [1.82, 2.24) is 0 Å². The highest BCUT2D eigenvalue weighted by Gasteiger charge is 2.16. The van der Waals surface area contributed by atoms with E-state index in [-0.39, 0.29) is 5.63 Å². The second-order valence-electron chi connectivity index (χ2n) is 4.19. The Morgan fingerprint density at radius 1 is 1.19 bits per heavy atom. The summed E-state index contributed by atoms with van der Waals surface area (Å²) in [7, 11) is 0. The molecule has 82 valence electrons. The molecule has 1 aliphatic rings. The minimum Gasteiger partial charge on any atom is -0.493 e. The Labute approximate surface area is 92.6 Å². The van der Waals surface area contributed by atoms with Crippen molar-refractivity contribution in [3.8, 4) is 5.75 Å². The van der Waals surface area contributed by atoms with Crippen LogP contribution in [0, 0.1) is 13.8 Å². The van der Waals surface area contributed by atoms with E-state index in [9.17, 15) is 4.79 Å². The quantitative estimate of drug-likeness (QED) is 0.634. The van der Waals surface area contributed by atoms with Gasteiger partial charge < -0.3 is 9.15 Å². The third-order valence-electron chi connectivity index (χ3n) is 3.27. The van der Waals surface area contributed by atoms with Crippen molar-refractivity contribution in [2.75, 3.05) is 6.61 Å². The molecule has 0 atom stereocenters. The van der Waals surface area contributed by atoms with Crippen LogP contribution in [0.1, 0.15) is 16.7 Å². The van der Waals surface area contributed by atoms with Gasteiger partial charge in [0.2, 0.25) is 0 Å². The maximum atomic E-state index is 11.5. The van der Waals surface area contributed by atoms with Gasteiger partial charge in [0.1, 0.15) is 11.3 Å². The van der Waals surface area contributed by atoms with Crippen molar-refractivity contribution in [1.29, 1.82) is 0 Å². The molecule has 3 rings (SSSR count). The first-order chi connectivity index (χ1) is 7.66. The Balaban J connectivity index is 2.45. The second kappa shape index (κ2) is 3.11. The summed E-state index contributed by atoms with van der Waals surface area (Å²) >= 11 is 0. The first kappa shape index (κ1) is 9.46. The molecular weight excluding hydrogens is 204 g/mol. The van der Waals surface area contributed by atoms with Crippen LogP contribution in [0.4, 0.5) is 0 Å². The predicted octanol–water partition coefficient (Wildman–Crippen LogP) is 2.34. The van der Waals surface area contributed by atoms with Crippen LogP contribution in [-0.4, -0.2) is 6.61 Å². The molecule has 0 aliphatic carbocycles. The van der Waals surface area contributed by atoms with Crippen LogP contribution in [0.3, 0.4) is 0 Å². The van der Waals surface area contributed by atoms with Crippen LogP contribution in [0.5, 0.6) is 5.75 Å². The first-order valence-corrected chi connectivity index (χ1v) is 5.36. The monoisotopic (exact) mass is 216 g/mol. The van der Waals surface area contributed by atoms with E-state index in [1.165, 1.54) is 5.56 Å². The first-order valence-electron chi connectivity index (χ1n) is 5.36. The van der Waals surface area contributed by atoms with Gasteiger partial charge >= 0.3 is 5.63 Å². The standard InChI is InChI=1S/C13H12O3/c1-7-8(2)13(14)16-12-6-11-9(3-4-15-11)5-10(7)12/h5-6H,3-4H2,1-2H3. The third-order valence-corrected chi connectivity index (χ3v) is 3.27. The average Bonchev–Trinajstić information content (AvgIpc) is 2.71. The van der Waals surface area contributed by atoms with Gasteiger partial charge in [-0.15, -0.1) is 0 Å². The molecule has 16 heavy (non-hydrogen) atoms. The fourth-order valence-electron chi connectivity index (χ4n) is 2.12. The number of aryl methyl sites for hydroxylation is 1. The molecule has 0 amide bonds. The summed E-state index contributed by atoms with van der Waals surface area (Å²) in [5, 5.41) is 1.02. The van der Waals surface area contributed by atoms with E-state index >= 15 is 0 Å². The molecule has 0 spiro atoms. The molecule has 0 bridgehead atoms. The van der Waals surface area contributed by atoms with Gasteiger partial charge in [-0.3, -0.25) is 0 Å². The highest BCUT2D eigenvalue weighted by molar-refractivity contribution is 5.83. The summed E-state index contributed by atoms with van der Waals surface area (Å²) in [6.45, 7) is 4.47. The number of benzene rings is 1. The van der Waals surface area contributed by atoms with Crippen LogP contribution in [-0.2, 0) is 6.42 Å². The number of fused-ring (bicyclic) bond motifs is 2. The fourth-order valence-corrected chi connectivity index (χ4v) is 2.12. The topological polar surface area (TPSA) is 39.4 Å². The van der Waals surface area contributed by atoms with Gasteiger partial charge in [-0.2, -0.15) is 0 Å². The van der Waals surface area contributed by atoms with Crippen LogP contribution in [0.2, 0.25) is 0 Å². The summed E-state index contributed by atoms with van der Waals surface area (Å²) in [6, 6.07) is 3.90. The Hall–Kier alpha value is -1.77. The minimum atomic E-state index is -0.261. The van der Waals surface area contributed by atoms with E-state index in [2.05, 4.69) is 6.07 Å². The summed E-state index contributed by atoms with van der Waals surface area (Å²) in [5.41, 5.74) is 3.24. The predicted molar refractivity (Wildman–Crippen MR) is 61.2 cm³/mol. The Kier molecular flexibility index (Phi) is 1.84. The Morgan fingerprint density at radius 3 is 2.81 bits per heavy atom. The van der Waals surface area contributed by atoms with E-state index in [4.69, 9.17) is 9.15 Å². The lowest BCUT2D eigenvalue weighted by Gasteiger charge is -2.06. The van der Waals surface area contributed by atoms with E-state index < -0.39 is 0 Å². The Bertz CT molecular complexity index is 638. The Morgan fingerprint density at radius 2 is 2.00 bits per heavy atom. The van der Waals surface area contributed by atoms with Crippen molar-refractivity contribution >= 4 is 11.0 Å². The van der Waals surface area contributed by atoms with E-state index in [1.807, 2.05) is 13.0 Å². The molecule has 0 radical (unpaired) electrons. The SMILES string of the molecule is Cc1c(C)c2cc3c(cc2oc1=O)OCC3. The molecule has 1 aliphatic heterocycles. The smallest absolute Gasteiger partial charge is 0.339 e. The van der Waals surface area contributed by atoms with Crippen molar-refractivity contribution in [3.63, 3.8) is 0 Å². The molecule has 3 heteroatoms. The highest BCUT2D eigenvalue weighted by atomic mass is 16.5. The lowest BCUT2D eigenvalue weighted by atomic mass is 10.0. The molecule has 0 unspecified atom stereocenters. The zero-order valence-electron chi connectivity index (χ0n) is 9.29. The summed E-state index contributed by atoms with van der Waals surface area (Å²) < 4.78 is 10.7. The van der Waals surface area contributed by atoms with Crippen LogP contribution in [0.25, 0.3) is 11.0 Å². The summed E-state index contributed by atoms with van der Waals surface area (Å²) in [5.74, 6) is 0.846. The zero-order chi connectivity index (χ0) is 11.3. The molecule has 0 saturated heterocycles. The van der Waals surface area contributed by atoms with Crippen molar-refractivity contribution in [2.45, 2.75) is 20.3 Å². The van der Waals surface area contributed by atoms with Gasteiger partial charge in [0.05, 0.1) is 6.61 Å². The average molecular weight is 216 g/mol. The van der Waals surface area contributed by atoms with Crippen LogP contribution >= 0.6 is 0 Å². The molecule has 2 aromatic rings. The number of hydrogen-bond acceptors (Lipinski definition) is 3. The maximum absolute atomic E-state index is 11.5. The molecule has 1 aromatic heterocycles. The number of hydrogen-bond donors (Lipinski definition) is 0. The van der Waals surface area contributed by atoms with Crippen molar-refractivity contribution in [2.24, 2.45) is 0 Å². The molecular formula is C13H12O3. The molecule has 0 saturated carbocycles. The normalized spacial score (nSPS) is 13.9. The maximum Gasteiger partial charge on any atom is 0.339 e. The van der Waals surface area contributed by atoms with Gasteiger partial charge in [0, 0.05) is 23.4 Å². The molecule has 0 fully saturated rings. The lowest BCUT2D eigenvalue weighted by molar-refractivity contribution is 0.356. The van der Waals surface area contributed by atoms with Gasteiger partial charge in [-0.1, -0.05) is 0 Å². The summed E-state index contributed by atoms with van der Waals surface area (Å²) in [6.07, 6.45) is 0.933. The van der Waals surface area contributed by atoms with E-state index in [0.29, 0.717) is 17.8 Å². The fraction of sp³-hybridized carbons (Fsp3) is 0.308. The van der Waals surface area contributed by atoms with Crippen molar-refractivity contribution < 1.29 is 9.15 Å².